The molecule has 0 unspecified atom stereocenters. The van der Waals surface area contributed by atoms with Crippen LogP contribution < -0.4 is 4.74 Å². The third kappa shape index (κ3) is 2.52. The maximum Gasteiger partial charge on any atom is 0.200 e. The van der Waals surface area contributed by atoms with Gasteiger partial charge in [-0.05, 0) is 30.5 Å². The van der Waals surface area contributed by atoms with Gasteiger partial charge in [0.1, 0.15) is 0 Å². The smallest absolute Gasteiger partial charge is 0.200 e. The van der Waals surface area contributed by atoms with Crippen molar-refractivity contribution in [2.75, 3.05) is 7.11 Å². The fourth-order valence-electron chi connectivity index (χ4n) is 1.20. The Bertz CT molecular complexity index is 386. The molecule has 0 atom stereocenters. The molecule has 0 aliphatic heterocycles. The summed E-state index contributed by atoms with van der Waals surface area (Å²) < 4.78 is 43.2. The van der Waals surface area contributed by atoms with E-state index in [0.29, 0.717) is 11.9 Å². The molecule has 1 aromatic carbocycles. The van der Waals surface area contributed by atoms with Crippen LogP contribution in [0.1, 0.15) is 12.5 Å². The molecule has 1 nitrogen and oxygen atoms in total. The molecule has 0 N–H and O–H groups in total. The van der Waals surface area contributed by atoms with Crippen LogP contribution in [0.25, 0.3) is 0 Å². The van der Waals surface area contributed by atoms with Gasteiger partial charge < -0.3 is 4.74 Å². The van der Waals surface area contributed by atoms with Crippen LogP contribution in [0, 0.1) is 11.6 Å². The van der Waals surface area contributed by atoms with E-state index in [1.165, 1.54) is 26.2 Å². The number of methoxy groups -OCH3 is 1. The van der Waals surface area contributed by atoms with Crippen molar-refractivity contribution < 1.29 is 17.9 Å². The van der Waals surface area contributed by atoms with Crippen molar-refractivity contribution in [1.82, 2.24) is 0 Å². The van der Waals surface area contributed by atoms with E-state index < -0.39 is 11.6 Å². The summed E-state index contributed by atoms with van der Waals surface area (Å²) >= 11 is 0. The van der Waals surface area contributed by atoms with E-state index in [4.69, 9.17) is 0 Å². The first-order valence-corrected chi connectivity index (χ1v) is 4.37. The van der Waals surface area contributed by atoms with Crippen LogP contribution in [0.4, 0.5) is 13.2 Å². The van der Waals surface area contributed by atoms with Crippen molar-refractivity contribution >= 4 is 0 Å². The molecule has 0 aliphatic rings. The highest BCUT2D eigenvalue weighted by Crippen LogP contribution is 2.23. The first kappa shape index (κ1) is 11.6. The van der Waals surface area contributed by atoms with Gasteiger partial charge in [0.05, 0.1) is 13.4 Å². The molecule has 0 heterocycles. The van der Waals surface area contributed by atoms with Crippen molar-refractivity contribution in [2.45, 2.75) is 13.3 Å². The molecule has 0 aliphatic carbocycles. The quantitative estimate of drug-likeness (QED) is 0.752. The van der Waals surface area contributed by atoms with Crippen LogP contribution in [-0.2, 0) is 6.42 Å². The van der Waals surface area contributed by atoms with Gasteiger partial charge in [0.2, 0.25) is 5.82 Å². The molecule has 0 bridgehead atoms. The molecule has 0 saturated heterocycles. The first-order chi connectivity index (χ1) is 7.10. The van der Waals surface area contributed by atoms with Crippen LogP contribution in [0.5, 0.6) is 5.75 Å². The second kappa shape index (κ2) is 4.87. The minimum atomic E-state index is -1.04. The topological polar surface area (TPSA) is 9.23 Å². The van der Waals surface area contributed by atoms with E-state index in [-0.39, 0.29) is 17.7 Å². The number of benzene rings is 1. The Hall–Kier alpha value is -1.45. The Morgan fingerprint density at radius 3 is 2.53 bits per heavy atom. The molecule has 0 spiro atoms. The molecule has 1 aromatic rings. The molecule has 0 radical (unpaired) electrons. The molecule has 15 heavy (non-hydrogen) atoms. The fraction of sp³-hybridized carbons (Fsp3) is 0.273. The number of allylic oxidation sites excluding steroid dienone is 1. The van der Waals surface area contributed by atoms with E-state index in [1.54, 1.807) is 0 Å². The Morgan fingerprint density at radius 1 is 1.33 bits per heavy atom. The Labute approximate surface area is 86.2 Å². The van der Waals surface area contributed by atoms with Gasteiger partial charge in [-0.1, -0.05) is 6.07 Å². The van der Waals surface area contributed by atoms with E-state index in [0.717, 1.165) is 0 Å². The van der Waals surface area contributed by atoms with Gasteiger partial charge in [-0.2, -0.15) is 4.39 Å². The highest BCUT2D eigenvalue weighted by molar-refractivity contribution is 5.32. The van der Waals surface area contributed by atoms with Crippen LogP contribution in [-0.4, -0.2) is 7.11 Å². The lowest BCUT2D eigenvalue weighted by Gasteiger charge is -2.07. The minimum Gasteiger partial charge on any atom is -0.494 e. The van der Waals surface area contributed by atoms with Crippen molar-refractivity contribution in [1.29, 1.82) is 0 Å². The standard InChI is InChI=1S/C11H11F3O/c1-7(6-12)5-8-3-4-9(15-2)11(14)10(8)13/h3-4,6H,5H2,1-2H3/b7-6-. The first-order valence-electron chi connectivity index (χ1n) is 4.37. The zero-order valence-electron chi connectivity index (χ0n) is 8.48. The third-order valence-electron chi connectivity index (χ3n) is 2.00. The van der Waals surface area contributed by atoms with Gasteiger partial charge in [0.15, 0.2) is 11.6 Å². The Kier molecular flexibility index (Phi) is 3.77. The number of hydrogen-bond acceptors (Lipinski definition) is 1. The summed E-state index contributed by atoms with van der Waals surface area (Å²) in [5.41, 5.74) is 0.443. The average molecular weight is 216 g/mol. The molecule has 0 fully saturated rings. The van der Waals surface area contributed by atoms with Crippen molar-refractivity contribution in [3.63, 3.8) is 0 Å². The third-order valence-corrected chi connectivity index (χ3v) is 2.00. The molecule has 0 aromatic heterocycles. The molecule has 82 valence electrons. The zero-order chi connectivity index (χ0) is 11.4. The summed E-state index contributed by atoms with van der Waals surface area (Å²) in [7, 11) is 1.25. The summed E-state index contributed by atoms with van der Waals surface area (Å²) in [6, 6.07) is 2.70. The number of halogens is 3. The maximum absolute atomic E-state index is 13.3. The van der Waals surface area contributed by atoms with E-state index in [2.05, 4.69) is 4.74 Å². The lowest BCUT2D eigenvalue weighted by Crippen LogP contribution is -1.98. The summed E-state index contributed by atoms with van der Waals surface area (Å²) in [5, 5.41) is 0. The summed E-state index contributed by atoms with van der Waals surface area (Å²) in [6.07, 6.45) is 0.421. The van der Waals surface area contributed by atoms with Crippen molar-refractivity contribution in [3.05, 3.63) is 41.2 Å². The second-order valence-electron chi connectivity index (χ2n) is 3.19. The Balaban J connectivity index is 3.07. The van der Waals surface area contributed by atoms with Crippen LogP contribution in [0.3, 0.4) is 0 Å². The summed E-state index contributed by atoms with van der Waals surface area (Å²) in [6.45, 7) is 1.50. The second-order valence-corrected chi connectivity index (χ2v) is 3.19. The number of ether oxygens (including phenoxy) is 1. The lowest BCUT2D eigenvalue weighted by molar-refractivity contribution is 0.370. The number of rotatable bonds is 3. The summed E-state index contributed by atoms with van der Waals surface area (Å²) in [5.74, 6) is -2.18. The SMILES string of the molecule is COc1ccc(C/C(C)=C\F)c(F)c1F. The van der Waals surface area contributed by atoms with Gasteiger partial charge >= 0.3 is 0 Å². The highest BCUT2D eigenvalue weighted by Gasteiger charge is 2.13. The molecule has 4 heteroatoms. The lowest BCUT2D eigenvalue weighted by atomic mass is 10.1. The van der Waals surface area contributed by atoms with E-state index in [1.807, 2.05) is 0 Å². The highest BCUT2D eigenvalue weighted by atomic mass is 19.2. The number of hydrogen-bond donors (Lipinski definition) is 0. The van der Waals surface area contributed by atoms with Crippen LogP contribution >= 0.6 is 0 Å². The fourth-order valence-corrected chi connectivity index (χ4v) is 1.20. The van der Waals surface area contributed by atoms with Crippen LogP contribution in [0.2, 0.25) is 0 Å². The molecule has 0 saturated carbocycles. The largest absolute Gasteiger partial charge is 0.494 e. The van der Waals surface area contributed by atoms with Gasteiger partial charge in [0.25, 0.3) is 0 Å². The maximum atomic E-state index is 13.3. The van der Waals surface area contributed by atoms with E-state index in [9.17, 15) is 13.2 Å². The monoisotopic (exact) mass is 216 g/mol. The Morgan fingerprint density at radius 2 is 2.00 bits per heavy atom. The predicted octanol–water partition coefficient (Wildman–Crippen LogP) is 3.39. The molecule has 1 rings (SSSR count). The van der Waals surface area contributed by atoms with Gasteiger partial charge in [0, 0.05) is 0 Å². The van der Waals surface area contributed by atoms with Crippen molar-refractivity contribution in [2.24, 2.45) is 0 Å². The molecular formula is C11H11F3O. The zero-order valence-corrected chi connectivity index (χ0v) is 8.48. The van der Waals surface area contributed by atoms with Gasteiger partial charge in [-0.3, -0.25) is 0 Å². The minimum absolute atomic E-state index is 0.0449. The normalized spacial score (nSPS) is 11.7. The predicted molar refractivity (Wildman–Crippen MR) is 51.5 cm³/mol. The van der Waals surface area contributed by atoms with Gasteiger partial charge in [-0.25, -0.2) is 8.78 Å². The van der Waals surface area contributed by atoms with E-state index >= 15 is 0 Å². The molecular weight excluding hydrogens is 205 g/mol. The van der Waals surface area contributed by atoms with Gasteiger partial charge in [-0.15, -0.1) is 0 Å². The average Bonchev–Trinajstić information content (AvgIpc) is 2.25. The van der Waals surface area contributed by atoms with Crippen molar-refractivity contribution in [3.8, 4) is 5.75 Å². The molecule has 0 amide bonds. The summed E-state index contributed by atoms with van der Waals surface area (Å²) in [4.78, 5) is 0. The van der Waals surface area contributed by atoms with Crippen LogP contribution in [0.15, 0.2) is 24.0 Å².